The van der Waals surface area contributed by atoms with Crippen LogP contribution in [0, 0.1) is 0 Å². The smallest absolute Gasteiger partial charge is 0.336 e. The Labute approximate surface area is 176 Å². The van der Waals surface area contributed by atoms with Crippen molar-refractivity contribution in [3.05, 3.63) is 34.4 Å². The highest BCUT2D eigenvalue weighted by Crippen LogP contribution is 2.31. The zero-order chi connectivity index (χ0) is 21.6. The summed E-state index contributed by atoms with van der Waals surface area (Å²) in [5.74, 6) is -2.28. The lowest BCUT2D eigenvalue weighted by Crippen LogP contribution is -2.15. The van der Waals surface area contributed by atoms with Gasteiger partial charge in [-0.05, 0) is 42.4 Å². The van der Waals surface area contributed by atoms with Crippen molar-refractivity contribution >= 4 is 11.9 Å². The average Bonchev–Trinajstić information content (AvgIpc) is 2.70. The zero-order valence-electron chi connectivity index (χ0n) is 18.6. The van der Waals surface area contributed by atoms with Gasteiger partial charge >= 0.3 is 11.9 Å². The molecule has 0 radical (unpaired) electrons. The fraction of sp³-hybridized carbons (Fsp3) is 0.680. The van der Waals surface area contributed by atoms with E-state index in [1.54, 1.807) is 0 Å². The van der Waals surface area contributed by atoms with E-state index in [0.717, 1.165) is 31.2 Å². The van der Waals surface area contributed by atoms with E-state index in [0.29, 0.717) is 5.56 Å². The molecule has 1 rings (SSSR count). The van der Waals surface area contributed by atoms with E-state index in [4.69, 9.17) is 0 Å². The van der Waals surface area contributed by atoms with E-state index in [2.05, 4.69) is 6.92 Å². The van der Waals surface area contributed by atoms with Crippen LogP contribution in [-0.4, -0.2) is 22.2 Å². The standard InChI is InChI=1S/C25H40O4/c1-4-6-7-8-9-10-11-12-13-14-15-16-20-17-18-21(24(26)27)23(25(28)29)22(20)19(3)5-2/h17-19H,4-16H2,1-3H3,(H,26,27)(H,28,29). The van der Waals surface area contributed by atoms with Gasteiger partial charge in [0.15, 0.2) is 0 Å². The second-order valence-corrected chi connectivity index (χ2v) is 8.27. The van der Waals surface area contributed by atoms with Crippen molar-refractivity contribution in [3.8, 4) is 0 Å². The Morgan fingerprint density at radius 3 is 1.76 bits per heavy atom. The molecule has 0 fully saturated rings. The lowest BCUT2D eigenvalue weighted by molar-refractivity contribution is 0.0650. The molecule has 0 aromatic heterocycles. The summed E-state index contributed by atoms with van der Waals surface area (Å²) in [6.07, 6.45) is 15.6. The van der Waals surface area contributed by atoms with Crippen molar-refractivity contribution in [2.75, 3.05) is 0 Å². The first kappa shape index (κ1) is 25.2. The van der Waals surface area contributed by atoms with Crippen LogP contribution in [0.25, 0.3) is 0 Å². The van der Waals surface area contributed by atoms with Gasteiger partial charge in [0, 0.05) is 0 Å². The fourth-order valence-electron chi connectivity index (χ4n) is 4.04. The van der Waals surface area contributed by atoms with Gasteiger partial charge in [0.25, 0.3) is 0 Å². The number of aromatic carboxylic acids is 2. The molecule has 0 aliphatic rings. The minimum atomic E-state index is -1.17. The summed E-state index contributed by atoms with van der Waals surface area (Å²) >= 11 is 0. The number of carbonyl (C=O) groups is 2. The third kappa shape index (κ3) is 8.59. The van der Waals surface area contributed by atoms with E-state index in [1.807, 2.05) is 19.9 Å². The van der Waals surface area contributed by atoms with Crippen molar-refractivity contribution in [2.45, 2.75) is 110 Å². The topological polar surface area (TPSA) is 74.6 Å². The first-order valence-electron chi connectivity index (χ1n) is 11.6. The van der Waals surface area contributed by atoms with Gasteiger partial charge in [0.2, 0.25) is 0 Å². The van der Waals surface area contributed by atoms with Gasteiger partial charge in [-0.2, -0.15) is 0 Å². The molecule has 4 nitrogen and oxygen atoms in total. The van der Waals surface area contributed by atoms with Gasteiger partial charge in [-0.1, -0.05) is 91.0 Å². The maximum Gasteiger partial charge on any atom is 0.336 e. The third-order valence-electron chi connectivity index (χ3n) is 5.93. The highest BCUT2D eigenvalue weighted by molar-refractivity contribution is 6.03. The molecule has 0 heterocycles. The van der Waals surface area contributed by atoms with Crippen LogP contribution in [0.5, 0.6) is 0 Å². The summed E-state index contributed by atoms with van der Waals surface area (Å²) in [5, 5.41) is 19.1. The van der Waals surface area contributed by atoms with Gasteiger partial charge in [0.05, 0.1) is 11.1 Å². The Bertz CT molecular complexity index is 636. The number of carboxylic acid groups (broad SMARTS) is 2. The van der Waals surface area contributed by atoms with Crippen molar-refractivity contribution in [1.82, 2.24) is 0 Å². The number of aryl methyl sites for hydroxylation is 1. The predicted octanol–water partition coefficient (Wildman–Crippen LogP) is 7.45. The largest absolute Gasteiger partial charge is 0.478 e. The van der Waals surface area contributed by atoms with Crippen molar-refractivity contribution in [2.24, 2.45) is 0 Å². The second kappa shape index (κ2) is 14.2. The monoisotopic (exact) mass is 404 g/mol. The van der Waals surface area contributed by atoms with Crippen molar-refractivity contribution < 1.29 is 19.8 Å². The summed E-state index contributed by atoms with van der Waals surface area (Å²) in [4.78, 5) is 23.3. The quantitative estimate of drug-likeness (QED) is 0.281. The molecule has 0 aliphatic carbocycles. The number of unbranched alkanes of at least 4 members (excludes halogenated alkanes) is 10. The molecule has 0 saturated heterocycles. The van der Waals surface area contributed by atoms with Gasteiger partial charge < -0.3 is 10.2 Å². The Kier molecular flexibility index (Phi) is 12.3. The molecular formula is C25H40O4. The lowest BCUT2D eigenvalue weighted by Gasteiger charge is -2.19. The van der Waals surface area contributed by atoms with Crippen LogP contribution in [0.3, 0.4) is 0 Å². The minimum Gasteiger partial charge on any atom is -0.478 e. The van der Waals surface area contributed by atoms with Crippen LogP contribution >= 0.6 is 0 Å². The molecule has 1 atom stereocenters. The number of hydrogen-bond donors (Lipinski definition) is 2. The fourth-order valence-corrected chi connectivity index (χ4v) is 4.04. The molecule has 0 bridgehead atoms. The molecular weight excluding hydrogens is 364 g/mol. The van der Waals surface area contributed by atoms with Gasteiger partial charge in [-0.25, -0.2) is 9.59 Å². The maximum absolute atomic E-state index is 11.8. The first-order chi connectivity index (χ1) is 13.9. The van der Waals surface area contributed by atoms with E-state index >= 15 is 0 Å². The van der Waals surface area contributed by atoms with E-state index in [9.17, 15) is 19.8 Å². The second-order valence-electron chi connectivity index (χ2n) is 8.27. The molecule has 0 saturated carbocycles. The van der Waals surface area contributed by atoms with Crippen LogP contribution in [0.2, 0.25) is 0 Å². The Morgan fingerprint density at radius 1 is 0.793 bits per heavy atom. The SMILES string of the molecule is CCCCCCCCCCCCCc1ccc(C(=O)O)c(C(=O)O)c1C(C)CC. The molecule has 164 valence electrons. The molecule has 2 N–H and O–H groups in total. The summed E-state index contributed by atoms with van der Waals surface area (Å²) in [6.45, 7) is 6.24. The molecule has 1 unspecified atom stereocenters. The first-order valence-corrected chi connectivity index (χ1v) is 11.6. The minimum absolute atomic E-state index is 0.0209. The lowest BCUT2D eigenvalue weighted by atomic mass is 9.84. The van der Waals surface area contributed by atoms with Crippen molar-refractivity contribution in [3.63, 3.8) is 0 Å². The highest BCUT2D eigenvalue weighted by atomic mass is 16.4. The summed E-state index contributed by atoms with van der Waals surface area (Å²) in [5.41, 5.74) is 1.59. The zero-order valence-corrected chi connectivity index (χ0v) is 18.6. The van der Waals surface area contributed by atoms with E-state index < -0.39 is 11.9 Å². The summed E-state index contributed by atoms with van der Waals surface area (Å²) in [6, 6.07) is 3.29. The predicted molar refractivity (Wildman–Crippen MR) is 119 cm³/mol. The molecule has 0 aliphatic heterocycles. The summed E-state index contributed by atoms with van der Waals surface area (Å²) < 4.78 is 0. The maximum atomic E-state index is 11.8. The van der Waals surface area contributed by atoms with E-state index in [-0.39, 0.29) is 17.0 Å². The van der Waals surface area contributed by atoms with Gasteiger partial charge in [-0.3, -0.25) is 0 Å². The molecule has 1 aromatic carbocycles. The average molecular weight is 405 g/mol. The molecule has 29 heavy (non-hydrogen) atoms. The summed E-state index contributed by atoms with van der Waals surface area (Å²) in [7, 11) is 0. The Morgan fingerprint density at radius 2 is 1.31 bits per heavy atom. The number of rotatable bonds is 16. The number of benzene rings is 1. The van der Waals surface area contributed by atoms with Gasteiger partial charge in [-0.15, -0.1) is 0 Å². The van der Waals surface area contributed by atoms with Crippen molar-refractivity contribution in [1.29, 1.82) is 0 Å². The number of hydrogen-bond acceptors (Lipinski definition) is 2. The van der Waals surface area contributed by atoms with Crippen LogP contribution in [0.4, 0.5) is 0 Å². The van der Waals surface area contributed by atoms with Crippen LogP contribution < -0.4 is 0 Å². The molecule has 0 spiro atoms. The van der Waals surface area contributed by atoms with E-state index in [1.165, 1.54) is 63.9 Å². The van der Waals surface area contributed by atoms with Crippen LogP contribution in [-0.2, 0) is 6.42 Å². The Balaban J connectivity index is 2.56. The highest BCUT2D eigenvalue weighted by Gasteiger charge is 2.25. The van der Waals surface area contributed by atoms with Crippen LogP contribution in [0.15, 0.2) is 12.1 Å². The number of carboxylic acids is 2. The Hall–Kier alpha value is -1.84. The third-order valence-corrected chi connectivity index (χ3v) is 5.93. The molecule has 4 heteroatoms. The normalized spacial score (nSPS) is 12.1. The van der Waals surface area contributed by atoms with Gasteiger partial charge in [0.1, 0.15) is 0 Å². The molecule has 0 amide bonds. The molecule has 1 aromatic rings. The van der Waals surface area contributed by atoms with Crippen LogP contribution in [0.1, 0.15) is 136 Å².